The van der Waals surface area contributed by atoms with Gasteiger partial charge in [0.2, 0.25) is 5.56 Å². The molecule has 7 nitrogen and oxygen atoms in total. The molecular formula is C24H21N5O2. The second-order valence-corrected chi connectivity index (χ2v) is 7.48. The summed E-state index contributed by atoms with van der Waals surface area (Å²) in [5.41, 5.74) is 1.82. The van der Waals surface area contributed by atoms with Gasteiger partial charge < -0.3 is 14.8 Å². The Morgan fingerprint density at radius 3 is 2.45 bits per heavy atom. The minimum atomic E-state index is -0.268. The number of aromatic amines is 1. The fraction of sp³-hybridized carbons (Fsp3) is 0.167. The van der Waals surface area contributed by atoms with E-state index in [0.29, 0.717) is 43.1 Å². The highest BCUT2D eigenvalue weighted by Crippen LogP contribution is 2.21. The maximum absolute atomic E-state index is 13.2. The molecule has 4 aromatic rings. The number of anilines is 1. The van der Waals surface area contributed by atoms with Gasteiger partial charge in [0.05, 0.1) is 5.56 Å². The molecule has 1 aliphatic heterocycles. The summed E-state index contributed by atoms with van der Waals surface area (Å²) in [7, 11) is 0. The van der Waals surface area contributed by atoms with Crippen molar-refractivity contribution in [2.24, 2.45) is 0 Å². The third kappa shape index (κ3) is 3.77. The third-order valence-electron chi connectivity index (χ3n) is 5.54. The van der Waals surface area contributed by atoms with Crippen LogP contribution in [0.5, 0.6) is 0 Å². The predicted molar refractivity (Wildman–Crippen MR) is 120 cm³/mol. The topological polar surface area (TPSA) is 82.2 Å². The van der Waals surface area contributed by atoms with Gasteiger partial charge in [0.1, 0.15) is 5.82 Å². The molecule has 5 rings (SSSR count). The highest BCUT2D eigenvalue weighted by Gasteiger charge is 2.24. The molecule has 1 aliphatic rings. The summed E-state index contributed by atoms with van der Waals surface area (Å²) in [6.45, 7) is 2.45. The molecule has 1 N–H and O–H groups in total. The number of nitrogens with one attached hydrogen (secondary N) is 1. The van der Waals surface area contributed by atoms with Crippen molar-refractivity contribution in [3.63, 3.8) is 0 Å². The molecule has 31 heavy (non-hydrogen) atoms. The lowest BCUT2D eigenvalue weighted by Crippen LogP contribution is -2.49. The van der Waals surface area contributed by atoms with Crippen LogP contribution in [0, 0.1) is 0 Å². The number of rotatable bonds is 3. The third-order valence-corrected chi connectivity index (χ3v) is 5.54. The summed E-state index contributed by atoms with van der Waals surface area (Å²) >= 11 is 0. The molecule has 0 radical (unpaired) electrons. The number of aromatic nitrogens is 3. The van der Waals surface area contributed by atoms with Crippen molar-refractivity contribution in [3.05, 3.63) is 88.8 Å². The summed E-state index contributed by atoms with van der Waals surface area (Å²) < 4.78 is 0. The molecule has 0 unspecified atom stereocenters. The summed E-state index contributed by atoms with van der Waals surface area (Å²) in [5.74, 6) is 1.42. The van der Waals surface area contributed by atoms with Crippen LogP contribution in [0.25, 0.3) is 22.3 Å². The average molecular weight is 411 g/mol. The second-order valence-electron chi connectivity index (χ2n) is 7.48. The molecule has 0 bridgehead atoms. The maximum atomic E-state index is 13.2. The number of carbonyl (C=O) groups excluding carboxylic acids is 1. The zero-order valence-corrected chi connectivity index (χ0v) is 16.9. The number of para-hydroxylation sites is 1. The van der Waals surface area contributed by atoms with Gasteiger partial charge in [0, 0.05) is 54.9 Å². The Labute approximate surface area is 179 Å². The second kappa shape index (κ2) is 8.02. The number of H-pyrrole nitrogens is 1. The van der Waals surface area contributed by atoms with E-state index in [1.807, 2.05) is 60.7 Å². The van der Waals surface area contributed by atoms with E-state index in [1.54, 1.807) is 11.1 Å². The fourth-order valence-electron chi connectivity index (χ4n) is 3.94. The average Bonchev–Trinajstić information content (AvgIpc) is 2.84. The first kappa shape index (κ1) is 19.0. The van der Waals surface area contributed by atoms with E-state index < -0.39 is 0 Å². The lowest BCUT2D eigenvalue weighted by atomic mass is 10.1. The van der Waals surface area contributed by atoms with Gasteiger partial charge in [0.15, 0.2) is 5.82 Å². The van der Waals surface area contributed by atoms with Crippen LogP contribution < -0.4 is 10.5 Å². The first-order valence-corrected chi connectivity index (χ1v) is 10.2. The number of piperazine rings is 1. The Morgan fingerprint density at radius 2 is 1.65 bits per heavy atom. The highest BCUT2D eigenvalue weighted by molar-refractivity contribution is 6.06. The lowest BCUT2D eigenvalue weighted by molar-refractivity contribution is 0.0748. The molecule has 0 aliphatic carbocycles. The molecule has 2 aromatic carbocycles. The van der Waals surface area contributed by atoms with Crippen LogP contribution in [-0.2, 0) is 0 Å². The van der Waals surface area contributed by atoms with Crippen LogP contribution in [0.3, 0.4) is 0 Å². The minimum Gasteiger partial charge on any atom is -0.353 e. The number of hydrogen-bond acceptors (Lipinski definition) is 5. The number of hydrogen-bond donors (Lipinski definition) is 1. The molecule has 154 valence electrons. The van der Waals surface area contributed by atoms with Gasteiger partial charge in [-0.25, -0.2) is 9.97 Å². The van der Waals surface area contributed by atoms with Crippen LogP contribution in [0.15, 0.2) is 77.7 Å². The highest BCUT2D eigenvalue weighted by atomic mass is 16.2. The Kier molecular flexibility index (Phi) is 4.92. The quantitative estimate of drug-likeness (QED) is 0.561. The van der Waals surface area contributed by atoms with Gasteiger partial charge in [-0.15, -0.1) is 0 Å². The largest absolute Gasteiger partial charge is 0.353 e. The molecule has 0 spiro atoms. The predicted octanol–water partition coefficient (Wildman–Crippen LogP) is 2.95. The van der Waals surface area contributed by atoms with Crippen molar-refractivity contribution in [1.29, 1.82) is 0 Å². The van der Waals surface area contributed by atoms with E-state index in [4.69, 9.17) is 4.98 Å². The molecule has 1 saturated heterocycles. The van der Waals surface area contributed by atoms with Crippen LogP contribution >= 0.6 is 0 Å². The lowest BCUT2D eigenvalue weighted by Gasteiger charge is -2.35. The Morgan fingerprint density at radius 1 is 0.903 bits per heavy atom. The van der Waals surface area contributed by atoms with Crippen molar-refractivity contribution in [1.82, 2.24) is 19.9 Å². The molecular weight excluding hydrogens is 390 g/mol. The van der Waals surface area contributed by atoms with Gasteiger partial charge >= 0.3 is 0 Å². The first-order chi connectivity index (χ1) is 15.2. The Hall–Kier alpha value is -4.00. The normalized spacial score (nSPS) is 14.1. The number of amides is 1. The van der Waals surface area contributed by atoms with Crippen molar-refractivity contribution in [2.45, 2.75) is 0 Å². The van der Waals surface area contributed by atoms with Gasteiger partial charge in [-0.2, -0.15) is 0 Å². The monoisotopic (exact) mass is 411 g/mol. The standard InChI is InChI=1S/C24H21N5O2/c30-22-16-19(18-8-4-5-9-20(18)26-22)24(31)29-14-12-28(13-15-29)21-10-11-25-23(27-21)17-6-2-1-3-7-17/h1-11,16H,12-15H2,(H,26,30). The summed E-state index contributed by atoms with van der Waals surface area (Å²) in [4.78, 5) is 41.1. The van der Waals surface area contributed by atoms with Gasteiger partial charge in [-0.1, -0.05) is 48.5 Å². The number of benzene rings is 2. The number of fused-ring (bicyclic) bond motifs is 1. The zero-order chi connectivity index (χ0) is 21.2. The van der Waals surface area contributed by atoms with E-state index >= 15 is 0 Å². The Balaban J connectivity index is 1.34. The van der Waals surface area contributed by atoms with E-state index in [1.165, 1.54) is 6.07 Å². The number of carbonyl (C=O) groups is 1. The van der Waals surface area contributed by atoms with Crippen molar-refractivity contribution >= 4 is 22.6 Å². The van der Waals surface area contributed by atoms with Gasteiger partial charge in [0.25, 0.3) is 5.91 Å². The minimum absolute atomic E-state index is 0.116. The first-order valence-electron chi connectivity index (χ1n) is 10.2. The number of nitrogens with zero attached hydrogens (tertiary/aromatic N) is 4. The molecule has 1 amide bonds. The molecule has 2 aromatic heterocycles. The molecule has 7 heteroatoms. The van der Waals surface area contributed by atoms with Crippen molar-refractivity contribution in [3.8, 4) is 11.4 Å². The van der Waals surface area contributed by atoms with E-state index in [2.05, 4.69) is 14.9 Å². The summed E-state index contributed by atoms with van der Waals surface area (Å²) in [6, 6.07) is 20.6. The molecule has 1 fully saturated rings. The van der Waals surface area contributed by atoms with Gasteiger partial charge in [-0.3, -0.25) is 9.59 Å². The van der Waals surface area contributed by atoms with E-state index in [0.717, 1.165) is 16.8 Å². The summed E-state index contributed by atoms with van der Waals surface area (Å²) in [6.07, 6.45) is 1.77. The maximum Gasteiger partial charge on any atom is 0.254 e. The fourth-order valence-corrected chi connectivity index (χ4v) is 3.94. The van der Waals surface area contributed by atoms with Crippen molar-refractivity contribution in [2.75, 3.05) is 31.1 Å². The SMILES string of the molecule is O=C(c1cc(=O)[nH]c2ccccc12)N1CCN(c2ccnc(-c3ccccc3)n2)CC1. The van der Waals surface area contributed by atoms with Gasteiger partial charge in [-0.05, 0) is 12.1 Å². The summed E-state index contributed by atoms with van der Waals surface area (Å²) in [5, 5.41) is 0.762. The van der Waals surface area contributed by atoms with Crippen molar-refractivity contribution < 1.29 is 4.79 Å². The van der Waals surface area contributed by atoms with Crippen LogP contribution in [0.2, 0.25) is 0 Å². The van der Waals surface area contributed by atoms with Crippen LogP contribution in [-0.4, -0.2) is 51.9 Å². The van der Waals surface area contributed by atoms with E-state index in [9.17, 15) is 9.59 Å². The smallest absolute Gasteiger partial charge is 0.254 e. The van der Waals surface area contributed by atoms with Crippen LogP contribution in [0.4, 0.5) is 5.82 Å². The zero-order valence-electron chi connectivity index (χ0n) is 16.9. The molecule has 0 saturated carbocycles. The number of pyridine rings is 1. The van der Waals surface area contributed by atoms with Crippen LogP contribution in [0.1, 0.15) is 10.4 Å². The van der Waals surface area contributed by atoms with E-state index in [-0.39, 0.29) is 11.5 Å². The molecule has 0 atom stereocenters. The molecule has 3 heterocycles. The Bertz CT molecular complexity index is 1290.